The average molecular weight is 250 g/mol. The maximum Gasteiger partial charge on any atom is 0.0892 e. The van der Waals surface area contributed by atoms with Gasteiger partial charge in [0.05, 0.1) is 18.4 Å². The van der Waals surface area contributed by atoms with Crippen LogP contribution in [-0.4, -0.2) is 46.6 Å². The molecule has 0 N–H and O–H groups in total. The number of hydrogen-bond acceptors (Lipinski definition) is 4. The van der Waals surface area contributed by atoms with Gasteiger partial charge in [0.2, 0.25) is 0 Å². The predicted molar refractivity (Wildman–Crippen MR) is 70.1 cm³/mol. The lowest BCUT2D eigenvalue weighted by molar-refractivity contribution is 0.0317. The number of pyridine rings is 1. The molecular weight excluding hydrogens is 232 g/mol. The molecule has 0 amide bonds. The molecule has 2 aliphatic heterocycles. The van der Waals surface area contributed by atoms with Crippen LogP contribution >= 0.6 is 11.8 Å². The second-order valence-electron chi connectivity index (χ2n) is 5.12. The van der Waals surface area contributed by atoms with Crippen LogP contribution in [0.4, 0.5) is 0 Å². The summed E-state index contributed by atoms with van der Waals surface area (Å²) in [5.41, 5.74) is 1.03. The summed E-state index contributed by atoms with van der Waals surface area (Å²) in [6, 6.07) is 5.97. The van der Waals surface area contributed by atoms with Gasteiger partial charge in [0.1, 0.15) is 0 Å². The first-order valence-electron chi connectivity index (χ1n) is 6.10. The SMILES string of the molecule is CN1CC2(C[C@H](OCc3ccccn3)CS2)C1. The Morgan fingerprint density at radius 3 is 3.12 bits per heavy atom. The Morgan fingerprint density at radius 1 is 1.53 bits per heavy atom. The van der Waals surface area contributed by atoms with Gasteiger partial charge in [-0.25, -0.2) is 0 Å². The minimum absolute atomic E-state index is 0.413. The fourth-order valence-corrected chi connectivity index (χ4v) is 4.43. The standard InChI is InChI=1S/C13H18N2OS/c1-15-9-13(10-15)6-12(8-17-13)16-7-11-4-2-3-5-14-11/h2-5,12H,6-10H2,1H3/t12-/m0/s1. The van der Waals surface area contributed by atoms with Gasteiger partial charge >= 0.3 is 0 Å². The maximum atomic E-state index is 5.95. The first-order valence-corrected chi connectivity index (χ1v) is 7.08. The van der Waals surface area contributed by atoms with Crippen LogP contribution in [0.3, 0.4) is 0 Å². The molecule has 2 fully saturated rings. The number of thioether (sulfide) groups is 1. The summed E-state index contributed by atoms with van der Waals surface area (Å²) in [5, 5.41) is 0. The third-order valence-electron chi connectivity index (χ3n) is 3.48. The quantitative estimate of drug-likeness (QED) is 0.816. The molecule has 3 rings (SSSR count). The summed E-state index contributed by atoms with van der Waals surface area (Å²) >= 11 is 2.09. The van der Waals surface area contributed by atoms with E-state index in [1.807, 2.05) is 24.4 Å². The van der Waals surface area contributed by atoms with E-state index < -0.39 is 0 Å². The van der Waals surface area contributed by atoms with Crippen molar-refractivity contribution in [3.05, 3.63) is 30.1 Å². The van der Waals surface area contributed by atoms with E-state index in [1.54, 1.807) is 0 Å². The van der Waals surface area contributed by atoms with E-state index in [-0.39, 0.29) is 0 Å². The molecule has 0 saturated carbocycles. The molecule has 0 aromatic carbocycles. The van der Waals surface area contributed by atoms with Gasteiger partial charge in [0, 0.05) is 29.8 Å². The van der Waals surface area contributed by atoms with Crippen molar-refractivity contribution in [3.8, 4) is 0 Å². The molecule has 4 heteroatoms. The smallest absolute Gasteiger partial charge is 0.0892 e. The van der Waals surface area contributed by atoms with Crippen LogP contribution in [0.25, 0.3) is 0 Å². The zero-order valence-corrected chi connectivity index (χ0v) is 10.9. The van der Waals surface area contributed by atoms with Gasteiger partial charge < -0.3 is 9.64 Å². The van der Waals surface area contributed by atoms with Gasteiger partial charge in [0.25, 0.3) is 0 Å². The molecule has 3 nitrogen and oxygen atoms in total. The van der Waals surface area contributed by atoms with E-state index >= 15 is 0 Å². The molecule has 17 heavy (non-hydrogen) atoms. The second kappa shape index (κ2) is 4.59. The van der Waals surface area contributed by atoms with Crippen molar-refractivity contribution in [2.75, 3.05) is 25.9 Å². The summed E-state index contributed by atoms with van der Waals surface area (Å²) < 4.78 is 6.46. The van der Waals surface area contributed by atoms with E-state index in [4.69, 9.17) is 4.74 Å². The highest BCUT2D eigenvalue weighted by molar-refractivity contribution is 8.01. The van der Waals surface area contributed by atoms with Gasteiger partial charge in [-0.05, 0) is 25.6 Å². The fourth-order valence-electron chi connectivity index (χ4n) is 2.75. The molecule has 1 aromatic heterocycles. The summed E-state index contributed by atoms with van der Waals surface area (Å²) in [7, 11) is 2.19. The molecule has 0 aliphatic carbocycles. The molecule has 3 heterocycles. The minimum Gasteiger partial charge on any atom is -0.371 e. The largest absolute Gasteiger partial charge is 0.371 e. The van der Waals surface area contributed by atoms with Crippen molar-refractivity contribution in [2.24, 2.45) is 0 Å². The molecule has 0 unspecified atom stereocenters. The van der Waals surface area contributed by atoms with Crippen LogP contribution < -0.4 is 0 Å². The molecule has 1 atom stereocenters. The van der Waals surface area contributed by atoms with Crippen molar-refractivity contribution in [1.29, 1.82) is 0 Å². The second-order valence-corrected chi connectivity index (χ2v) is 6.61. The minimum atomic E-state index is 0.413. The topological polar surface area (TPSA) is 25.4 Å². The van der Waals surface area contributed by atoms with Gasteiger partial charge in [-0.2, -0.15) is 0 Å². The number of nitrogens with zero attached hydrogens (tertiary/aromatic N) is 2. The molecule has 92 valence electrons. The highest BCUT2D eigenvalue weighted by Crippen LogP contribution is 2.45. The summed E-state index contributed by atoms with van der Waals surface area (Å²) in [6.07, 6.45) is 3.44. The van der Waals surface area contributed by atoms with E-state index in [0.29, 0.717) is 17.5 Å². The van der Waals surface area contributed by atoms with E-state index in [1.165, 1.54) is 19.5 Å². The Balaban J connectivity index is 1.48. The third-order valence-corrected chi connectivity index (χ3v) is 5.06. The number of ether oxygens (including phenoxy) is 1. The molecule has 2 aliphatic rings. The van der Waals surface area contributed by atoms with E-state index in [2.05, 4.69) is 28.7 Å². The Labute approximate surface area is 107 Å². The number of likely N-dealkylation sites (tertiary alicyclic amines) is 1. The Hall–Kier alpha value is -0.580. The lowest BCUT2D eigenvalue weighted by atomic mass is 9.94. The molecule has 1 spiro atoms. The van der Waals surface area contributed by atoms with E-state index in [0.717, 1.165) is 11.4 Å². The van der Waals surface area contributed by atoms with Gasteiger partial charge in [-0.1, -0.05) is 6.07 Å². The van der Waals surface area contributed by atoms with Crippen molar-refractivity contribution >= 4 is 11.8 Å². The molecular formula is C13H18N2OS. The van der Waals surface area contributed by atoms with Crippen molar-refractivity contribution in [3.63, 3.8) is 0 Å². The van der Waals surface area contributed by atoms with Crippen molar-refractivity contribution in [2.45, 2.75) is 23.9 Å². The first kappa shape index (κ1) is 11.5. The lowest BCUT2D eigenvalue weighted by Crippen LogP contribution is -2.56. The summed E-state index contributed by atoms with van der Waals surface area (Å²) in [6.45, 7) is 3.10. The van der Waals surface area contributed by atoms with Crippen LogP contribution in [0.5, 0.6) is 0 Å². The van der Waals surface area contributed by atoms with Crippen LogP contribution in [-0.2, 0) is 11.3 Å². The number of aromatic nitrogens is 1. The van der Waals surface area contributed by atoms with Gasteiger partial charge in [0.15, 0.2) is 0 Å². The predicted octanol–water partition coefficient (Wildman–Crippen LogP) is 1.79. The number of hydrogen-bond donors (Lipinski definition) is 0. The average Bonchev–Trinajstić information content (AvgIpc) is 2.72. The highest BCUT2D eigenvalue weighted by atomic mass is 32.2. The zero-order chi connectivity index (χ0) is 11.7. The van der Waals surface area contributed by atoms with Crippen LogP contribution in [0.2, 0.25) is 0 Å². The fraction of sp³-hybridized carbons (Fsp3) is 0.615. The molecule has 0 radical (unpaired) electrons. The number of rotatable bonds is 3. The molecule has 1 aromatic rings. The highest BCUT2D eigenvalue weighted by Gasteiger charge is 2.47. The zero-order valence-electron chi connectivity index (χ0n) is 10.1. The normalized spacial score (nSPS) is 27.2. The molecule has 2 saturated heterocycles. The Kier molecular flexibility index (Phi) is 3.11. The van der Waals surface area contributed by atoms with Crippen molar-refractivity contribution < 1.29 is 4.74 Å². The Morgan fingerprint density at radius 2 is 2.41 bits per heavy atom. The Bertz CT molecular complexity index is 378. The molecule has 0 bridgehead atoms. The first-order chi connectivity index (χ1) is 8.26. The van der Waals surface area contributed by atoms with Gasteiger partial charge in [-0.3, -0.25) is 4.98 Å². The van der Waals surface area contributed by atoms with Crippen LogP contribution in [0, 0.1) is 0 Å². The van der Waals surface area contributed by atoms with E-state index in [9.17, 15) is 0 Å². The summed E-state index contributed by atoms with van der Waals surface area (Å²) in [5.74, 6) is 1.14. The lowest BCUT2D eigenvalue weighted by Gasteiger charge is -2.45. The monoisotopic (exact) mass is 250 g/mol. The third kappa shape index (κ3) is 2.49. The summed E-state index contributed by atoms with van der Waals surface area (Å²) in [4.78, 5) is 6.67. The van der Waals surface area contributed by atoms with Crippen molar-refractivity contribution in [1.82, 2.24) is 9.88 Å². The van der Waals surface area contributed by atoms with Crippen LogP contribution in [0.15, 0.2) is 24.4 Å². The maximum absolute atomic E-state index is 5.95. The van der Waals surface area contributed by atoms with Gasteiger partial charge in [-0.15, -0.1) is 11.8 Å². The van der Waals surface area contributed by atoms with Crippen LogP contribution in [0.1, 0.15) is 12.1 Å².